The lowest BCUT2D eigenvalue weighted by Gasteiger charge is -2.05. The van der Waals surface area contributed by atoms with Gasteiger partial charge in [0.2, 0.25) is 0 Å². The summed E-state index contributed by atoms with van der Waals surface area (Å²) >= 11 is 0. The number of hydrogen-bond donors (Lipinski definition) is 0. The maximum atomic E-state index is 13.4. The first-order valence-corrected chi connectivity index (χ1v) is 8.13. The third-order valence-electron chi connectivity index (χ3n) is 2.80. The molecule has 0 unspecified atom stereocenters. The van der Waals surface area contributed by atoms with Gasteiger partial charge in [-0.3, -0.25) is 0 Å². The van der Waals surface area contributed by atoms with Gasteiger partial charge in [-0.1, -0.05) is 18.0 Å². The quantitative estimate of drug-likeness (QED) is 0.228. The second-order valence-corrected chi connectivity index (χ2v) is 6.45. The smallest absolute Gasteiger partial charge is 0.181 e. The average molecular weight is 316 g/mol. The summed E-state index contributed by atoms with van der Waals surface area (Å²) in [5.74, 6) is -2.17. The first-order chi connectivity index (χ1) is 9.97. The molecule has 0 aliphatic carbocycles. The minimum atomic E-state index is -3.77. The zero-order valence-electron chi connectivity index (χ0n) is 11.4. The second-order valence-electron chi connectivity index (χ2n) is 4.45. The van der Waals surface area contributed by atoms with Gasteiger partial charge in [-0.25, -0.2) is 17.2 Å². The normalized spacial score (nSPS) is 11.1. The van der Waals surface area contributed by atoms with E-state index in [0.717, 1.165) is 31.4 Å². The van der Waals surface area contributed by atoms with Crippen LogP contribution >= 0.6 is 0 Å². The molecule has 0 aliphatic heterocycles. The monoisotopic (exact) mass is 316 g/mol. The topological polar surface area (TPSA) is 82.9 Å². The van der Waals surface area contributed by atoms with Gasteiger partial charge in [-0.2, -0.15) is 0 Å². The van der Waals surface area contributed by atoms with Crippen molar-refractivity contribution in [3.8, 4) is 0 Å². The molecule has 0 aliphatic rings. The number of rotatable bonds is 9. The fraction of sp³-hybridized carbons (Fsp3) is 0.462. The highest BCUT2D eigenvalue weighted by Crippen LogP contribution is 2.18. The van der Waals surface area contributed by atoms with E-state index in [-0.39, 0.29) is 5.75 Å². The molecule has 0 heterocycles. The van der Waals surface area contributed by atoms with E-state index in [0.29, 0.717) is 19.0 Å². The van der Waals surface area contributed by atoms with Crippen LogP contribution in [0.5, 0.6) is 0 Å². The minimum absolute atomic E-state index is 0.286. The van der Waals surface area contributed by atoms with E-state index in [9.17, 15) is 17.2 Å². The van der Waals surface area contributed by atoms with Crippen molar-refractivity contribution in [2.75, 3.05) is 12.3 Å². The van der Waals surface area contributed by atoms with Crippen LogP contribution in [0.2, 0.25) is 0 Å². The Morgan fingerprint density at radius 3 is 2.67 bits per heavy atom. The van der Waals surface area contributed by atoms with E-state index < -0.39 is 26.4 Å². The maximum absolute atomic E-state index is 13.4. The molecule has 0 amide bonds. The summed E-state index contributed by atoms with van der Waals surface area (Å²) in [5, 5.41) is 3.39. The summed E-state index contributed by atoms with van der Waals surface area (Å²) < 4.78 is 49.9. The van der Waals surface area contributed by atoms with Crippen LogP contribution in [0.1, 0.15) is 25.7 Å². The number of hydrogen-bond acceptors (Lipinski definition) is 3. The van der Waals surface area contributed by atoms with Gasteiger partial charge in [0, 0.05) is 17.5 Å². The van der Waals surface area contributed by atoms with Crippen LogP contribution in [0.25, 0.3) is 10.4 Å². The third-order valence-corrected chi connectivity index (χ3v) is 4.47. The van der Waals surface area contributed by atoms with E-state index in [4.69, 9.17) is 5.53 Å². The number of unbranched alkanes of at least 4 members (excludes halogenated alkanes) is 4. The molecule has 115 valence electrons. The van der Waals surface area contributed by atoms with Gasteiger partial charge in [0.15, 0.2) is 9.84 Å². The Balaban J connectivity index is 2.38. The van der Waals surface area contributed by atoms with Crippen molar-refractivity contribution < 1.29 is 17.2 Å². The molecular weight excluding hydrogens is 300 g/mol. The fourth-order valence-corrected chi connectivity index (χ4v) is 3.04. The highest BCUT2D eigenvalue weighted by atomic mass is 32.2. The van der Waals surface area contributed by atoms with Crippen molar-refractivity contribution in [3.63, 3.8) is 0 Å². The van der Waals surface area contributed by atoms with Crippen LogP contribution in [-0.4, -0.2) is 20.7 Å². The molecule has 0 fully saturated rings. The van der Waals surface area contributed by atoms with E-state index in [1.807, 2.05) is 0 Å². The minimum Gasteiger partial charge on any atom is -0.224 e. The molecule has 0 aromatic heterocycles. The molecule has 0 saturated carbocycles. The van der Waals surface area contributed by atoms with Gasteiger partial charge in [0.25, 0.3) is 0 Å². The second kappa shape index (κ2) is 8.59. The predicted molar refractivity (Wildman–Crippen MR) is 75.2 cm³/mol. The van der Waals surface area contributed by atoms with Gasteiger partial charge < -0.3 is 0 Å². The van der Waals surface area contributed by atoms with Crippen molar-refractivity contribution in [3.05, 3.63) is 46.7 Å². The Morgan fingerprint density at radius 2 is 2.00 bits per heavy atom. The summed E-state index contributed by atoms with van der Waals surface area (Å²) in [6, 6.07) is 2.42. The Kier molecular flexibility index (Phi) is 7.11. The largest absolute Gasteiger partial charge is 0.224 e. The first kappa shape index (κ1) is 17.4. The van der Waals surface area contributed by atoms with Crippen LogP contribution in [0, 0.1) is 18.1 Å². The third kappa shape index (κ3) is 6.10. The molecule has 1 radical (unpaired) electrons. The molecule has 0 atom stereocenters. The van der Waals surface area contributed by atoms with Crippen molar-refractivity contribution in [1.29, 1.82) is 0 Å². The summed E-state index contributed by atoms with van der Waals surface area (Å²) in [6.07, 6.45) is 4.46. The van der Waals surface area contributed by atoms with E-state index in [2.05, 4.69) is 10.0 Å². The van der Waals surface area contributed by atoms with Crippen LogP contribution in [0.3, 0.4) is 0 Å². The SMILES string of the molecule is [N-]=[N+]=NCCCCC[CH]CS(=O)(=O)c1ccc(F)cc1F. The summed E-state index contributed by atoms with van der Waals surface area (Å²) in [4.78, 5) is 2.14. The molecule has 0 saturated heterocycles. The summed E-state index contributed by atoms with van der Waals surface area (Å²) in [7, 11) is -3.77. The Bertz CT molecular complexity index is 614. The molecule has 1 aromatic rings. The molecule has 0 N–H and O–H groups in total. The van der Waals surface area contributed by atoms with Crippen LogP contribution in [0.4, 0.5) is 8.78 Å². The van der Waals surface area contributed by atoms with Crippen molar-refractivity contribution >= 4 is 9.84 Å². The standard InChI is InChI=1S/C13H16F2N3O2S/c14-11-6-7-13(12(15)10-11)21(19,20)9-5-3-1-2-4-8-17-18-16/h5-7,10H,1-4,8-9H2. The van der Waals surface area contributed by atoms with Gasteiger partial charge in [0.05, 0.1) is 5.75 Å². The molecule has 5 nitrogen and oxygen atoms in total. The van der Waals surface area contributed by atoms with Crippen molar-refractivity contribution in [2.45, 2.75) is 30.6 Å². The van der Waals surface area contributed by atoms with Crippen LogP contribution in [-0.2, 0) is 9.84 Å². The zero-order chi connectivity index (χ0) is 15.7. The first-order valence-electron chi connectivity index (χ1n) is 6.47. The molecule has 1 aromatic carbocycles. The van der Waals surface area contributed by atoms with Crippen LogP contribution < -0.4 is 0 Å². The predicted octanol–water partition coefficient (Wildman–Crippen LogP) is 3.81. The Morgan fingerprint density at radius 1 is 1.24 bits per heavy atom. The lowest BCUT2D eigenvalue weighted by Crippen LogP contribution is -2.09. The highest BCUT2D eigenvalue weighted by Gasteiger charge is 2.19. The molecule has 8 heteroatoms. The number of benzene rings is 1. The lowest BCUT2D eigenvalue weighted by molar-refractivity contribution is 0.549. The molecule has 0 bridgehead atoms. The van der Waals surface area contributed by atoms with E-state index in [1.165, 1.54) is 0 Å². The van der Waals surface area contributed by atoms with Gasteiger partial charge >= 0.3 is 0 Å². The van der Waals surface area contributed by atoms with Gasteiger partial charge in [-0.15, -0.1) is 0 Å². The van der Waals surface area contributed by atoms with Gasteiger partial charge in [0.1, 0.15) is 16.5 Å². The summed E-state index contributed by atoms with van der Waals surface area (Å²) in [6.45, 7) is 0.426. The zero-order valence-corrected chi connectivity index (χ0v) is 12.2. The lowest BCUT2D eigenvalue weighted by atomic mass is 10.2. The van der Waals surface area contributed by atoms with Crippen molar-refractivity contribution in [2.24, 2.45) is 5.11 Å². The molecular formula is C13H16F2N3O2S. The van der Waals surface area contributed by atoms with E-state index in [1.54, 1.807) is 6.42 Å². The molecule has 0 spiro atoms. The number of nitrogens with zero attached hydrogens (tertiary/aromatic N) is 3. The Hall–Kier alpha value is -1.66. The molecule has 1 rings (SSSR count). The average Bonchev–Trinajstić information content (AvgIpc) is 2.41. The number of azide groups is 1. The molecule has 21 heavy (non-hydrogen) atoms. The number of sulfone groups is 1. The highest BCUT2D eigenvalue weighted by molar-refractivity contribution is 7.91. The maximum Gasteiger partial charge on any atom is 0.181 e. The van der Waals surface area contributed by atoms with Crippen molar-refractivity contribution in [1.82, 2.24) is 0 Å². The van der Waals surface area contributed by atoms with E-state index >= 15 is 0 Å². The Labute approximate surface area is 122 Å². The fourth-order valence-electron chi connectivity index (χ4n) is 1.75. The van der Waals surface area contributed by atoms with Crippen LogP contribution in [0.15, 0.2) is 28.2 Å². The summed E-state index contributed by atoms with van der Waals surface area (Å²) in [5.41, 5.74) is 8.08. The number of halogens is 2. The van der Waals surface area contributed by atoms with Gasteiger partial charge in [-0.05, 0) is 36.9 Å².